The number of halogens is 1. The van der Waals surface area contributed by atoms with Crippen molar-refractivity contribution in [1.82, 2.24) is 9.97 Å². The quantitative estimate of drug-likeness (QED) is 0.206. The summed E-state index contributed by atoms with van der Waals surface area (Å²) in [7, 11) is 1.50. The summed E-state index contributed by atoms with van der Waals surface area (Å²) in [5.41, 5.74) is 1.11. The van der Waals surface area contributed by atoms with E-state index in [1.807, 2.05) is 13.8 Å². The Bertz CT molecular complexity index is 1310. The van der Waals surface area contributed by atoms with Crippen LogP contribution in [0.1, 0.15) is 52.0 Å². The highest BCUT2D eigenvalue weighted by Crippen LogP contribution is 2.31. The molecule has 0 saturated carbocycles. The summed E-state index contributed by atoms with van der Waals surface area (Å²) < 4.78 is 10.0. The minimum Gasteiger partial charge on any atom is -0.459 e. The molecule has 0 atom stereocenters. The number of nitrogens with zero attached hydrogens (tertiary/aromatic N) is 2. The number of hydrogen-bond acceptors (Lipinski definition) is 8. The number of carbonyl (C=O) groups excluding carboxylic acids is 1. The Kier molecular flexibility index (Phi) is 7.62. The van der Waals surface area contributed by atoms with Crippen LogP contribution in [0.2, 0.25) is 0 Å². The zero-order valence-corrected chi connectivity index (χ0v) is 20.0. The average Bonchev–Trinajstić information content (AvgIpc) is 3.10. The second-order valence-corrected chi connectivity index (χ2v) is 8.91. The molecule has 2 heterocycles. The van der Waals surface area contributed by atoms with Crippen LogP contribution < -0.4 is 5.56 Å². The number of fused-ring (bicyclic) bond motifs is 1. The van der Waals surface area contributed by atoms with E-state index in [2.05, 4.69) is 9.97 Å². The van der Waals surface area contributed by atoms with E-state index >= 15 is 0 Å². The highest BCUT2D eigenvalue weighted by Gasteiger charge is 2.21. The molecule has 0 spiro atoms. The van der Waals surface area contributed by atoms with Crippen molar-refractivity contribution >= 4 is 55.9 Å². The summed E-state index contributed by atoms with van der Waals surface area (Å²) in [4.78, 5) is 43.7. The van der Waals surface area contributed by atoms with Crippen molar-refractivity contribution in [1.29, 1.82) is 0 Å². The van der Waals surface area contributed by atoms with Gasteiger partial charge in [0.05, 0.1) is 21.9 Å². The molecule has 0 fully saturated rings. The predicted octanol–water partition coefficient (Wildman–Crippen LogP) is 4.86. The Morgan fingerprint density at radius 3 is 2.73 bits per heavy atom. The molecule has 2 aromatic heterocycles. The summed E-state index contributed by atoms with van der Waals surface area (Å²) in [6.45, 7) is 5.75. The molecule has 0 amide bonds. The number of benzene rings is 1. The van der Waals surface area contributed by atoms with E-state index in [4.69, 9.17) is 21.1 Å². The molecule has 9 nitrogen and oxygen atoms in total. The first-order valence-corrected chi connectivity index (χ1v) is 11.2. The molecule has 0 aliphatic heterocycles. The van der Waals surface area contributed by atoms with E-state index in [0.717, 1.165) is 11.3 Å². The minimum atomic E-state index is -0.562. The lowest BCUT2D eigenvalue weighted by atomic mass is 9.99. The van der Waals surface area contributed by atoms with Crippen molar-refractivity contribution in [2.24, 2.45) is 0 Å². The van der Waals surface area contributed by atoms with Gasteiger partial charge in [0, 0.05) is 18.7 Å². The fourth-order valence-corrected chi connectivity index (χ4v) is 4.54. The SMILES string of the molecule is COCCOC(=O)c1sc2nc(/C(Cl)=C/c3ccc(C(C)C)c([N+](=O)[O-])c3)[nH]c(=O)c2c1C. The van der Waals surface area contributed by atoms with Gasteiger partial charge in [-0.05, 0) is 30.0 Å². The number of thiophene rings is 1. The van der Waals surface area contributed by atoms with Crippen molar-refractivity contribution < 1.29 is 19.2 Å². The first kappa shape index (κ1) is 24.6. The first-order chi connectivity index (χ1) is 15.6. The number of methoxy groups -OCH3 is 1. The Morgan fingerprint density at radius 1 is 1.36 bits per heavy atom. The zero-order chi connectivity index (χ0) is 24.3. The standard InChI is InChI=1S/C22H22ClN3O6S/c1-11(2)14-6-5-13(10-16(14)26(29)30)9-15(23)19-24-20(27)17-12(3)18(33-21(17)25-19)22(28)32-8-7-31-4/h5-6,9-11H,7-8H2,1-4H3,(H,24,25,27)/b15-9-. The first-order valence-electron chi connectivity index (χ1n) is 9.99. The van der Waals surface area contributed by atoms with Crippen molar-refractivity contribution in [2.75, 3.05) is 20.3 Å². The third-order valence-electron chi connectivity index (χ3n) is 4.90. The third kappa shape index (κ3) is 5.29. The molecule has 33 heavy (non-hydrogen) atoms. The van der Waals surface area contributed by atoms with Crippen LogP contribution in [0.4, 0.5) is 5.69 Å². The number of nitro benzene ring substituents is 1. The third-order valence-corrected chi connectivity index (χ3v) is 6.35. The molecule has 0 aliphatic carbocycles. The largest absolute Gasteiger partial charge is 0.459 e. The monoisotopic (exact) mass is 491 g/mol. The number of aromatic nitrogens is 2. The van der Waals surface area contributed by atoms with E-state index in [9.17, 15) is 19.7 Å². The molecule has 0 aliphatic rings. The number of nitro groups is 1. The molecule has 3 rings (SSSR count). The van der Waals surface area contributed by atoms with Crippen molar-refractivity contribution in [3.63, 3.8) is 0 Å². The number of rotatable bonds is 8. The van der Waals surface area contributed by atoms with Gasteiger partial charge >= 0.3 is 5.97 Å². The van der Waals surface area contributed by atoms with Gasteiger partial charge in [-0.3, -0.25) is 14.9 Å². The number of aryl methyl sites for hydroxylation is 1. The van der Waals surface area contributed by atoms with Gasteiger partial charge in [0.2, 0.25) is 0 Å². The van der Waals surface area contributed by atoms with Crippen molar-refractivity contribution in [2.45, 2.75) is 26.7 Å². The molecule has 174 valence electrons. The van der Waals surface area contributed by atoms with E-state index in [0.29, 0.717) is 21.5 Å². The number of esters is 1. The number of hydrogen-bond donors (Lipinski definition) is 1. The fraction of sp³-hybridized carbons (Fsp3) is 0.318. The Labute approximate surface area is 198 Å². The lowest BCUT2D eigenvalue weighted by Crippen LogP contribution is -2.11. The number of H-pyrrole nitrogens is 1. The second-order valence-electron chi connectivity index (χ2n) is 7.50. The van der Waals surface area contributed by atoms with Gasteiger partial charge in [-0.1, -0.05) is 37.6 Å². The van der Waals surface area contributed by atoms with Crippen LogP contribution in [-0.2, 0) is 9.47 Å². The lowest BCUT2D eigenvalue weighted by Gasteiger charge is -2.07. The van der Waals surface area contributed by atoms with Crippen LogP contribution >= 0.6 is 22.9 Å². The van der Waals surface area contributed by atoms with Crippen molar-refractivity contribution in [3.05, 3.63) is 66.1 Å². The summed E-state index contributed by atoms with van der Waals surface area (Å²) in [6.07, 6.45) is 1.49. The number of aromatic amines is 1. The highest BCUT2D eigenvalue weighted by molar-refractivity contribution is 7.20. The Morgan fingerprint density at radius 2 is 2.09 bits per heavy atom. The van der Waals surface area contributed by atoms with E-state index in [1.54, 1.807) is 19.1 Å². The summed E-state index contributed by atoms with van der Waals surface area (Å²) in [5.74, 6) is -0.491. The molecule has 0 unspecified atom stereocenters. The summed E-state index contributed by atoms with van der Waals surface area (Å²) >= 11 is 7.43. The van der Waals surface area contributed by atoms with Gasteiger partial charge in [0.1, 0.15) is 16.3 Å². The minimum absolute atomic E-state index is 0.00868. The maximum absolute atomic E-state index is 12.7. The molecular formula is C22H22ClN3O6S. The molecule has 0 saturated heterocycles. The van der Waals surface area contributed by atoms with Crippen LogP contribution in [0.3, 0.4) is 0 Å². The highest BCUT2D eigenvalue weighted by atomic mass is 35.5. The maximum atomic E-state index is 12.7. The molecular weight excluding hydrogens is 470 g/mol. The van der Waals surface area contributed by atoms with Gasteiger partial charge in [0.25, 0.3) is 11.2 Å². The molecule has 0 radical (unpaired) electrons. The summed E-state index contributed by atoms with van der Waals surface area (Å²) in [6, 6.07) is 4.82. The van der Waals surface area contributed by atoms with Gasteiger partial charge < -0.3 is 14.5 Å². The van der Waals surface area contributed by atoms with Crippen molar-refractivity contribution in [3.8, 4) is 0 Å². The zero-order valence-electron chi connectivity index (χ0n) is 18.4. The van der Waals surface area contributed by atoms with Crippen LogP contribution in [0.25, 0.3) is 21.3 Å². The van der Waals surface area contributed by atoms with E-state index < -0.39 is 16.5 Å². The van der Waals surface area contributed by atoms with Gasteiger partial charge in [0.15, 0.2) is 5.82 Å². The second kappa shape index (κ2) is 10.2. The molecule has 1 N–H and O–H groups in total. The number of carbonyl (C=O) groups is 1. The number of ether oxygens (including phenoxy) is 2. The van der Waals surface area contributed by atoms with Crippen LogP contribution in [0.5, 0.6) is 0 Å². The fourth-order valence-electron chi connectivity index (χ4n) is 3.25. The topological polar surface area (TPSA) is 124 Å². The van der Waals surface area contributed by atoms with Crippen LogP contribution in [0, 0.1) is 17.0 Å². The molecule has 1 aromatic carbocycles. The normalized spacial score (nSPS) is 11.9. The van der Waals surface area contributed by atoms with Gasteiger partial charge in [-0.15, -0.1) is 11.3 Å². The molecule has 11 heteroatoms. The van der Waals surface area contributed by atoms with E-state index in [-0.39, 0.29) is 45.9 Å². The Hall–Kier alpha value is -3.08. The maximum Gasteiger partial charge on any atom is 0.348 e. The van der Waals surface area contributed by atoms with Gasteiger partial charge in [-0.2, -0.15) is 0 Å². The van der Waals surface area contributed by atoms with E-state index in [1.165, 1.54) is 19.3 Å². The average molecular weight is 492 g/mol. The van der Waals surface area contributed by atoms with Crippen LogP contribution in [0.15, 0.2) is 23.0 Å². The number of nitrogens with one attached hydrogen (secondary N) is 1. The molecule has 3 aromatic rings. The lowest BCUT2D eigenvalue weighted by molar-refractivity contribution is -0.385. The summed E-state index contributed by atoms with van der Waals surface area (Å²) in [5, 5.41) is 11.8. The molecule has 0 bridgehead atoms. The predicted molar refractivity (Wildman–Crippen MR) is 128 cm³/mol. The Balaban J connectivity index is 2.00. The smallest absolute Gasteiger partial charge is 0.348 e. The van der Waals surface area contributed by atoms with Crippen LogP contribution in [-0.4, -0.2) is 41.2 Å². The van der Waals surface area contributed by atoms with Gasteiger partial charge in [-0.25, -0.2) is 9.78 Å².